The van der Waals surface area contributed by atoms with E-state index in [9.17, 15) is 0 Å². The average Bonchev–Trinajstić information content (AvgIpc) is 1.98. The Balaban J connectivity index is 4.14. The third-order valence-electron chi connectivity index (χ3n) is 2.78. The van der Waals surface area contributed by atoms with E-state index in [1.165, 1.54) is 0 Å². The van der Waals surface area contributed by atoms with E-state index >= 15 is 0 Å². The van der Waals surface area contributed by atoms with Crippen LogP contribution in [0.15, 0.2) is 0 Å². The van der Waals surface area contributed by atoms with Crippen molar-refractivity contribution in [3.05, 3.63) is 0 Å². The van der Waals surface area contributed by atoms with E-state index in [4.69, 9.17) is 10.8 Å². The van der Waals surface area contributed by atoms with Gasteiger partial charge in [-0.3, -0.25) is 0 Å². The van der Waals surface area contributed by atoms with Crippen molar-refractivity contribution in [2.45, 2.75) is 45.8 Å². The molecule has 0 aromatic rings. The molecular formula is C11H22OSi. The fourth-order valence-corrected chi connectivity index (χ4v) is 1.70. The molecule has 0 heterocycles. The normalized spacial score (nSPS) is 15.2. The molecule has 1 nitrogen and oxygen atoms in total. The van der Waals surface area contributed by atoms with Crippen molar-refractivity contribution in [2.75, 3.05) is 6.61 Å². The van der Waals surface area contributed by atoms with Gasteiger partial charge < -0.3 is 4.43 Å². The molecule has 0 aliphatic carbocycles. The Labute approximate surface area is 84.0 Å². The van der Waals surface area contributed by atoms with Crippen LogP contribution < -0.4 is 0 Å². The van der Waals surface area contributed by atoms with Crippen molar-refractivity contribution in [2.24, 2.45) is 5.92 Å². The lowest BCUT2D eigenvalue weighted by Crippen LogP contribution is -2.41. The van der Waals surface area contributed by atoms with Crippen molar-refractivity contribution in [1.82, 2.24) is 0 Å². The summed E-state index contributed by atoms with van der Waals surface area (Å²) < 4.78 is 5.94. The van der Waals surface area contributed by atoms with Crippen molar-refractivity contribution in [1.29, 1.82) is 0 Å². The van der Waals surface area contributed by atoms with Gasteiger partial charge >= 0.3 is 0 Å². The van der Waals surface area contributed by atoms with Gasteiger partial charge in [-0.2, -0.15) is 0 Å². The molecule has 0 saturated carbocycles. The number of hydrogen-bond acceptors (Lipinski definition) is 1. The molecule has 13 heavy (non-hydrogen) atoms. The van der Waals surface area contributed by atoms with E-state index in [0.717, 1.165) is 0 Å². The third kappa shape index (κ3) is 3.97. The van der Waals surface area contributed by atoms with E-state index < -0.39 is 8.32 Å². The van der Waals surface area contributed by atoms with Crippen LogP contribution in [0.2, 0.25) is 18.1 Å². The summed E-state index contributed by atoms with van der Waals surface area (Å²) in [7, 11) is -1.58. The van der Waals surface area contributed by atoms with Crippen LogP contribution in [0, 0.1) is 18.3 Å². The monoisotopic (exact) mass is 198 g/mol. The highest BCUT2D eigenvalue weighted by molar-refractivity contribution is 6.74. The summed E-state index contributed by atoms with van der Waals surface area (Å²) in [6.07, 6.45) is 5.30. The summed E-state index contributed by atoms with van der Waals surface area (Å²) in [6, 6.07) is 0. The second kappa shape index (κ2) is 4.30. The molecule has 0 saturated heterocycles. The van der Waals surface area contributed by atoms with Crippen LogP contribution in [-0.4, -0.2) is 14.9 Å². The van der Waals surface area contributed by atoms with Crippen molar-refractivity contribution < 1.29 is 4.43 Å². The van der Waals surface area contributed by atoms with Crippen LogP contribution in [-0.2, 0) is 4.43 Å². The highest BCUT2D eigenvalue weighted by Gasteiger charge is 2.37. The molecule has 0 rings (SSSR count). The molecule has 0 N–H and O–H groups in total. The van der Waals surface area contributed by atoms with Gasteiger partial charge in [0.2, 0.25) is 0 Å². The quantitative estimate of drug-likeness (QED) is 0.499. The maximum Gasteiger partial charge on any atom is 0.192 e. The lowest BCUT2D eigenvalue weighted by atomic mass is 10.2. The molecule has 0 aliphatic heterocycles. The molecule has 2 heteroatoms. The summed E-state index contributed by atoms with van der Waals surface area (Å²) in [4.78, 5) is 0. The van der Waals surface area contributed by atoms with Gasteiger partial charge in [-0.05, 0) is 25.1 Å². The van der Waals surface area contributed by atoms with Crippen LogP contribution in [0.4, 0.5) is 0 Å². The minimum atomic E-state index is -1.58. The Kier molecular flexibility index (Phi) is 4.21. The molecule has 0 radical (unpaired) electrons. The lowest BCUT2D eigenvalue weighted by molar-refractivity contribution is 0.263. The number of rotatable bonds is 3. The fourth-order valence-electron chi connectivity index (χ4n) is 0.598. The summed E-state index contributed by atoms with van der Waals surface area (Å²) >= 11 is 0. The molecule has 0 fully saturated rings. The maximum atomic E-state index is 5.94. The third-order valence-corrected chi connectivity index (χ3v) is 7.29. The van der Waals surface area contributed by atoms with Gasteiger partial charge in [0.05, 0.1) is 0 Å². The van der Waals surface area contributed by atoms with E-state index in [0.29, 0.717) is 6.61 Å². The first-order valence-electron chi connectivity index (χ1n) is 4.81. The lowest BCUT2D eigenvalue weighted by Gasteiger charge is -2.36. The van der Waals surface area contributed by atoms with Gasteiger partial charge in [0.15, 0.2) is 8.32 Å². The zero-order valence-electron chi connectivity index (χ0n) is 9.77. The average molecular weight is 198 g/mol. The standard InChI is InChI=1S/C11H22OSi/c1-8-10(2)9-12-13(6,7)11(3,4)5/h1,10H,9H2,2-7H3/t10-/m1/s1. The Hall–Kier alpha value is -0.263. The van der Waals surface area contributed by atoms with Gasteiger partial charge in [0, 0.05) is 12.5 Å². The van der Waals surface area contributed by atoms with Crippen molar-refractivity contribution in [3.8, 4) is 12.3 Å². The Morgan fingerprint density at radius 3 is 2.15 bits per heavy atom. The number of hydrogen-bond donors (Lipinski definition) is 0. The molecule has 0 spiro atoms. The molecule has 0 bridgehead atoms. The zero-order valence-corrected chi connectivity index (χ0v) is 10.8. The molecule has 76 valence electrons. The van der Waals surface area contributed by atoms with Crippen LogP contribution in [0.3, 0.4) is 0 Å². The summed E-state index contributed by atoms with van der Waals surface area (Å²) in [5, 5.41) is 0.279. The van der Waals surface area contributed by atoms with Crippen LogP contribution in [0.1, 0.15) is 27.7 Å². The Bertz CT molecular complexity index is 195. The fraction of sp³-hybridized carbons (Fsp3) is 0.818. The Morgan fingerprint density at radius 2 is 1.85 bits per heavy atom. The predicted octanol–water partition coefficient (Wildman–Crippen LogP) is 3.28. The van der Waals surface area contributed by atoms with Crippen LogP contribution >= 0.6 is 0 Å². The second-order valence-electron chi connectivity index (χ2n) is 5.14. The SMILES string of the molecule is C#C[C@@H](C)CO[Si](C)(C)C(C)(C)C. The first kappa shape index (κ1) is 12.7. The highest BCUT2D eigenvalue weighted by Crippen LogP contribution is 2.36. The van der Waals surface area contributed by atoms with Gasteiger partial charge in [-0.15, -0.1) is 12.3 Å². The van der Waals surface area contributed by atoms with Crippen molar-refractivity contribution >= 4 is 8.32 Å². The minimum Gasteiger partial charge on any atom is -0.416 e. The Morgan fingerprint density at radius 1 is 1.38 bits per heavy atom. The minimum absolute atomic E-state index is 0.231. The molecule has 0 aromatic heterocycles. The molecule has 0 aromatic carbocycles. The largest absolute Gasteiger partial charge is 0.416 e. The molecule has 0 aliphatic rings. The van der Waals surface area contributed by atoms with E-state index in [-0.39, 0.29) is 11.0 Å². The topological polar surface area (TPSA) is 9.23 Å². The van der Waals surface area contributed by atoms with Gasteiger partial charge in [0.25, 0.3) is 0 Å². The van der Waals surface area contributed by atoms with Gasteiger partial charge in [0.1, 0.15) is 0 Å². The maximum absolute atomic E-state index is 5.94. The molecule has 0 amide bonds. The van der Waals surface area contributed by atoms with E-state index in [1.54, 1.807) is 0 Å². The predicted molar refractivity (Wildman–Crippen MR) is 61.1 cm³/mol. The summed E-state index contributed by atoms with van der Waals surface area (Å²) in [6.45, 7) is 13.9. The van der Waals surface area contributed by atoms with Crippen LogP contribution in [0.5, 0.6) is 0 Å². The van der Waals surface area contributed by atoms with E-state index in [1.807, 2.05) is 6.92 Å². The molecule has 0 unspecified atom stereocenters. The molecular weight excluding hydrogens is 176 g/mol. The van der Waals surface area contributed by atoms with E-state index in [2.05, 4.69) is 39.8 Å². The summed E-state index contributed by atoms with van der Waals surface area (Å²) in [5.41, 5.74) is 0. The van der Waals surface area contributed by atoms with Gasteiger partial charge in [-0.1, -0.05) is 20.8 Å². The first-order chi connectivity index (χ1) is 5.70. The van der Waals surface area contributed by atoms with Crippen LogP contribution in [0.25, 0.3) is 0 Å². The first-order valence-corrected chi connectivity index (χ1v) is 7.71. The second-order valence-corrected chi connectivity index (χ2v) is 9.95. The summed E-state index contributed by atoms with van der Waals surface area (Å²) in [5.74, 6) is 2.92. The smallest absolute Gasteiger partial charge is 0.192 e. The zero-order chi connectivity index (χ0) is 10.7. The molecule has 1 atom stereocenters. The van der Waals surface area contributed by atoms with Crippen molar-refractivity contribution in [3.63, 3.8) is 0 Å². The number of terminal acetylenes is 1. The highest BCUT2D eigenvalue weighted by atomic mass is 28.4. The van der Waals surface area contributed by atoms with Gasteiger partial charge in [-0.25, -0.2) is 0 Å².